The van der Waals surface area contributed by atoms with E-state index >= 15 is 0 Å². The van der Waals surface area contributed by atoms with Gasteiger partial charge in [0.05, 0.1) is 16.1 Å². The number of rotatable bonds is 4. The van der Waals surface area contributed by atoms with E-state index in [2.05, 4.69) is 37.2 Å². The quantitative estimate of drug-likeness (QED) is 0.807. The number of benzene rings is 1. The number of alkyl halides is 2. The van der Waals surface area contributed by atoms with Crippen molar-refractivity contribution in [1.82, 2.24) is 5.32 Å². The number of hydrogen-bond donors (Lipinski definition) is 1. The third kappa shape index (κ3) is 3.47. The summed E-state index contributed by atoms with van der Waals surface area (Å²) in [5.74, 6) is -0.160. The number of carbonyl (C=O) groups is 1. The maximum Gasteiger partial charge on any atom is 0.253 e. The van der Waals surface area contributed by atoms with Crippen LogP contribution in [-0.4, -0.2) is 22.1 Å². The van der Waals surface area contributed by atoms with Crippen LogP contribution in [0.15, 0.2) is 24.3 Å². The van der Waals surface area contributed by atoms with E-state index < -0.39 is 0 Å². The second-order valence-electron chi connectivity index (χ2n) is 3.76. The van der Waals surface area contributed by atoms with Gasteiger partial charge in [0.25, 0.3) is 5.91 Å². The van der Waals surface area contributed by atoms with Crippen LogP contribution in [0.2, 0.25) is 5.02 Å². The number of amides is 1. The van der Waals surface area contributed by atoms with E-state index in [-0.39, 0.29) is 11.4 Å². The Labute approximate surface area is 117 Å². The molecule has 0 fully saturated rings. The van der Waals surface area contributed by atoms with E-state index in [1.807, 2.05) is 6.92 Å². The van der Waals surface area contributed by atoms with Crippen molar-refractivity contribution in [3.8, 4) is 0 Å². The molecule has 0 aliphatic heterocycles. The van der Waals surface area contributed by atoms with Gasteiger partial charge in [-0.3, -0.25) is 4.79 Å². The van der Waals surface area contributed by atoms with Crippen molar-refractivity contribution >= 4 is 49.4 Å². The molecule has 2 nitrogen and oxygen atoms in total. The molecule has 0 saturated heterocycles. The molecule has 0 unspecified atom stereocenters. The highest BCUT2D eigenvalue weighted by atomic mass is 79.9. The van der Waals surface area contributed by atoms with Gasteiger partial charge >= 0.3 is 0 Å². The number of hydrogen-bond acceptors (Lipinski definition) is 1. The van der Waals surface area contributed by atoms with Gasteiger partial charge in [-0.2, -0.15) is 0 Å². The lowest BCUT2D eigenvalue weighted by Gasteiger charge is -2.26. The Bertz CT molecular complexity index is 380. The number of halogens is 3. The van der Waals surface area contributed by atoms with Crippen molar-refractivity contribution in [3.63, 3.8) is 0 Å². The van der Waals surface area contributed by atoms with Crippen LogP contribution in [0.5, 0.6) is 0 Å². The largest absolute Gasteiger partial charge is 0.345 e. The molecule has 88 valence electrons. The minimum Gasteiger partial charge on any atom is -0.345 e. The van der Waals surface area contributed by atoms with Gasteiger partial charge in [0, 0.05) is 10.7 Å². The van der Waals surface area contributed by atoms with E-state index in [0.717, 1.165) is 0 Å². The summed E-state index contributed by atoms with van der Waals surface area (Å²) >= 11 is 12.7. The average Bonchev–Trinajstić information content (AvgIpc) is 2.29. The van der Waals surface area contributed by atoms with Gasteiger partial charge in [-0.15, -0.1) is 0 Å². The van der Waals surface area contributed by atoms with Crippen molar-refractivity contribution in [3.05, 3.63) is 34.9 Å². The summed E-state index contributed by atoms with van der Waals surface area (Å²) in [5, 5.41) is 4.73. The molecule has 0 aromatic heterocycles. The molecule has 1 aromatic carbocycles. The minimum absolute atomic E-state index is 0.160. The molecule has 1 rings (SSSR count). The van der Waals surface area contributed by atoms with Crippen LogP contribution < -0.4 is 5.32 Å². The molecule has 0 saturated carbocycles. The zero-order valence-electron chi connectivity index (χ0n) is 8.77. The van der Waals surface area contributed by atoms with Crippen molar-refractivity contribution in [2.45, 2.75) is 12.5 Å². The topological polar surface area (TPSA) is 29.1 Å². The summed E-state index contributed by atoms with van der Waals surface area (Å²) in [5.41, 5.74) is 0.174. The van der Waals surface area contributed by atoms with Crippen molar-refractivity contribution in [1.29, 1.82) is 0 Å². The first-order chi connectivity index (χ1) is 7.52. The summed E-state index contributed by atoms with van der Waals surface area (Å²) in [4.78, 5) is 12.0. The predicted molar refractivity (Wildman–Crippen MR) is 74.9 cm³/mol. The maximum absolute atomic E-state index is 12.0. The van der Waals surface area contributed by atoms with Crippen molar-refractivity contribution in [2.24, 2.45) is 0 Å². The highest BCUT2D eigenvalue weighted by molar-refractivity contribution is 9.09. The van der Waals surface area contributed by atoms with Crippen LogP contribution in [0, 0.1) is 0 Å². The molecule has 1 N–H and O–H groups in total. The van der Waals surface area contributed by atoms with Crippen molar-refractivity contribution < 1.29 is 4.79 Å². The van der Waals surface area contributed by atoms with Gasteiger partial charge in [-0.25, -0.2) is 0 Å². The number of carbonyl (C=O) groups excluding carboxylic acids is 1. The lowest BCUT2D eigenvalue weighted by molar-refractivity contribution is 0.0923. The molecule has 0 radical (unpaired) electrons. The zero-order valence-corrected chi connectivity index (χ0v) is 12.7. The maximum atomic E-state index is 12.0. The van der Waals surface area contributed by atoms with E-state index in [9.17, 15) is 4.79 Å². The summed E-state index contributed by atoms with van der Waals surface area (Å²) in [6, 6.07) is 7.00. The van der Waals surface area contributed by atoms with Crippen LogP contribution >= 0.6 is 43.5 Å². The van der Waals surface area contributed by atoms with E-state index in [1.165, 1.54) is 0 Å². The van der Waals surface area contributed by atoms with Gasteiger partial charge in [0.1, 0.15) is 0 Å². The van der Waals surface area contributed by atoms with E-state index in [1.54, 1.807) is 24.3 Å². The Morgan fingerprint density at radius 1 is 1.38 bits per heavy atom. The van der Waals surface area contributed by atoms with Gasteiger partial charge in [0.15, 0.2) is 0 Å². The van der Waals surface area contributed by atoms with Crippen LogP contribution in [-0.2, 0) is 0 Å². The van der Waals surface area contributed by atoms with Gasteiger partial charge < -0.3 is 5.32 Å². The monoisotopic (exact) mass is 367 g/mol. The first kappa shape index (κ1) is 14.0. The van der Waals surface area contributed by atoms with Crippen LogP contribution in [0.25, 0.3) is 0 Å². The molecule has 1 amide bonds. The molecular weight excluding hydrogens is 357 g/mol. The second-order valence-corrected chi connectivity index (χ2v) is 5.29. The second kappa shape index (κ2) is 6.03. The lowest BCUT2D eigenvalue weighted by atomic mass is 10.1. The first-order valence-electron chi connectivity index (χ1n) is 4.71. The third-order valence-corrected chi connectivity index (χ3v) is 4.93. The summed E-state index contributed by atoms with van der Waals surface area (Å²) in [6.07, 6.45) is 0. The van der Waals surface area contributed by atoms with Crippen molar-refractivity contribution in [2.75, 3.05) is 10.7 Å². The number of nitrogens with one attached hydrogen (secondary N) is 1. The Balaban J connectivity index is 2.84. The summed E-state index contributed by atoms with van der Waals surface area (Å²) in [7, 11) is 0. The lowest BCUT2D eigenvalue weighted by Crippen LogP contribution is -2.49. The first-order valence-corrected chi connectivity index (χ1v) is 7.33. The van der Waals surface area contributed by atoms with Crippen LogP contribution in [0.4, 0.5) is 0 Å². The average molecular weight is 369 g/mol. The Hall–Kier alpha value is -0.0600. The molecule has 1 aromatic rings. The molecule has 0 atom stereocenters. The zero-order chi connectivity index (χ0) is 12.2. The fourth-order valence-electron chi connectivity index (χ4n) is 1.09. The third-order valence-electron chi connectivity index (χ3n) is 2.12. The van der Waals surface area contributed by atoms with Gasteiger partial charge in [-0.05, 0) is 19.1 Å². The highest BCUT2D eigenvalue weighted by Gasteiger charge is 2.24. The van der Waals surface area contributed by atoms with Crippen LogP contribution in [0.1, 0.15) is 17.3 Å². The standard InChI is InChI=1S/C11H12Br2ClNO/c1-11(6-12,7-13)15-10(16)8-4-2-3-5-9(8)14/h2-5H,6-7H2,1H3,(H,15,16). The fraction of sp³-hybridized carbons (Fsp3) is 0.364. The van der Waals surface area contributed by atoms with E-state index in [0.29, 0.717) is 21.2 Å². The predicted octanol–water partition coefficient (Wildman–Crippen LogP) is 3.62. The molecule has 5 heteroatoms. The molecule has 0 spiro atoms. The fourth-order valence-corrected chi connectivity index (χ4v) is 2.52. The Kier molecular flexibility index (Phi) is 5.28. The van der Waals surface area contributed by atoms with Crippen LogP contribution in [0.3, 0.4) is 0 Å². The molecule has 16 heavy (non-hydrogen) atoms. The Morgan fingerprint density at radius 2 is 1.94 bits per heavy atom. The summed E-state index contributed by atoms with van der Waals surface area (Å²) in [6.45, 7) is 1.95. The van der Waals surface area contributed by atoms with Gasteiger partial charge in [-0.1, -0.05) is 55.6 Å². The molecular formula is C11H12Br2ClNO. The SMILES string of the molecule is CC(CBr)(CBr)NC(=O)c1ccccc1Cl. The molecule has 0 bridgehead atoms. The highest BCUT2D eigenvalue weighted by Crippen LogP contribution is 2.17. The molecule has 0 aliphatic rings. The summed E-state index contributed by atoms with van der Waals surface area (Å²) < 4.78 is 0. The molecule has 0 heterocycles. The molecule has 0 aliphatic carbocycles. The Morgan fingerprint density at radius 3 is 2.44 bits per heavy atom. The smallest absolute Gasteiger partial charge is 0.253 e. The normalized spacial score (nSPS) is 11.2. The van der Waals surface area contributed by atoms with Gasteiger partial charge in [0.2, 0.25) is 0 Å². The van der Waals surface area contributed by atoms with E-state index in [4.69, 9.17) is 11.6 Å². The minimum atomic E-state index is -0.323.